The molecule has 1 aliphatic carbocycles. The SMILES string of the molecule is COCC(=O)c1ccc2c(n1)CCC2. The van der Waals surface area contributed by atoms with Gasteiger partial charge in [-0.15, -0.1) is 0 Å². The van der Waals surface area contributed by atoms with E-state index in [1.54, 1.807) is 6.07 Å². The van der Waals surface area contributed by atoms with Gasteiger partial charge in [0.15, 0.2) is 0 Å². The number of hydrogen-bond donors (Lipinski definition) is 0. The number of nitrogens with zero attached hydrogens (tertiary/aromatic N) is 1. The summed E-state index contributed by atoms with van der Waals surface area (Å²) in [5.74, 6) is -0.0396. The molecular formula is C11H13NO2. The van der Waals surface area contributed by atoms with Gasteiger partial charge in [0.1, 0.15) is 12.3 Å². The summed E-state index contributed by atoms with van der Waals surface area (Å²) in [5.41, 5.74) is 2.92. The molecule has 0 spiro atoms. The first-order valence-electron chi connectivity index (χ1n) is 4.82. The highest BCUT2D eigenvalue weighted by molar-refractivity contribution is 5.95. The molecular weight excluding hydrogens is 178 g/mol. The summed E-state index contributed by atoms with van der Waals surface area (Å²) in [6.07, 6.45) is 3.26. The second-order valence-corrected chi connectivity index (χ2v) is 3.51. The van der Waals surface area contributed by atoms with Crippen LogP contribution in [0.2, 0.25) is 0 Å². The van der Waals surface area contributed by atoms with Gasteiger partial charge in [0.2, 0.25) is 5.78 Å². The van der Waals surface area contributed by atoms with Crippen molar-refractivity contribution in [1.82, 2.24) is 4.98 Å². The highest BCUT2D eigenvalue weighted by atomic mass is 16.5. The minimum atomic E-state index is -0.0396. The molecule has 74 valence electrons. The van der Waals surface area contributed by atoms with E-state index in [2.05, 4.69) is 4.98 Å². The number of methoxy groups -OCH3 is 1. The highest BCUT2D eigenvalue weighted by Crippen LogP contribution is 2.19. The normalized spacial score (nSPS) is 14.1. The molecule has 0 atom stereocenters. The molecule has 0 radical (unpaired) electrons. The first kappa shape index (κ1) is 9.34. The quantitative estimate of drug-likeness (QED) is 0.678. The van der Waals surface area contributed by atoms with Crippen molar-refractivity contribution in [2.24, 2.45) is 0 Å². The predicted molar refractivity (Wildman–Crippen MR) is 52.5 cm³/mol. The van der Waals surface area contributed by atoms with E-state index in [4.69, 9.17) is 4.74 Å². The number of aryl methyl sites for hydroxylation is 2. The van der Waals surface area contributed by atoms with E-state index in [0.717, 1.165) is 25.0 Å². The molecule has 1 aromatic rings. The molecule has 1 aromatic heterocycles. The predicted octanol–water partition coefficient (Wildman–Crippen LogP) is 1.40. The van der Waals surface area contributed by atoms with Crippen molar-refractivity contribution < 1.29 is 9.53 Å². The fourth-order valence-corrected chi connectivity index (χ4v) is 1.78. The summed E-state index contributed by atoms with van der Waals surface area (Å²) in [5, 5.41) is 0. The maximum Gasteiger partial charge on any atom is 0.206 e. The van der Waals surface area contributed by atoms with Gasteiger partial charge in [0.25, 0.3) is 0 Å². The maximum absolute atomic E-state index is 11.5. The summed E-state index contributed by atoms with van der Waals surface area (Å²) >= 11 is 0. The number of carbonyl (C=O) groups excluding carboxylic acids is 1. The minimum absolute atomic E-state index is 0.0396. The van der Waals surface area contributed by atoms with Crippen molar-refractivity contribution in [3.8, 4) is 0 Å². The minimum Gasteiger partial charge on any atom is -0.376 e. The lowest BCUT2D eigenvalue weighted by Crippen LogP contribution is -2.10. The smallest absolute Gasteiger partial charge is 0.206 e. The van der Waals surface area contributed by atoms with Crippen molar-refractivity contribution in [3.63, 3.8) is 0 Å². The van der Waals surface area contributed by atoms with Crippen molar-refractivity contribution >= 4 is 5.78 Å². The lowest BCUT2D eigenvalue weighted by Gasteiger charge is -2.02. The number of hydrogen-bond acceptors (Lipinski definition) is 3. The van der Waals surface area contributed by atoms with Gasteiger partial charge in [-0.05, 0) is 30.9 Å². The molecule has 0 fully saturated rings. The Morgan fingerprint density at radius 3 is 3.14 bits per heavy atom. The molecule has 3 heteroatoms. The van der Waals surface area contributed by atoms with Crippen LogP contribution in [0, 0.1) is 0 Å². The Kier molecular flexibility index (Phi) is 2.59. The first-order valence-corrected chi connectivity index (χ1v) is 4.82. The van der Waals surface area contributed by atoms with Crippen LogP contribution in [-0.4, -0.2) is 24.5 Å². The van der Waals surface area contributed by atoms with Gasteiger partial charge < -0.3 is 4.74 Å². The van der Waals surface area contributed by atoms with E-state index in [0.29, 0.717) is 5.69 Å². The van der Waals surface area contributed by atoms with Gasteiger partial charge in [-0.2, -0.15) is 0 Å². The molecule has 1 heterocycles. The van der Waals surface area contributed by atoms with E-state index in [9.17, 15) is 4.79 Å². The van der Waals surface area contributed by atoms with Crippen LogP contribution in [0.5, 0.6) is 0 Å². The summed E-state index contributed by atoms with van der Waals surface area (Å²) in [6, 6.07) is 3.81. The molecule has 14 heavy (non-hydrogen) atoms. The van der Waals surface area contributed by atoms with E-state index < -0.39 is 0 Å². The fourth-order valence-electron chi connectivity index (χ4n) is 1.78. The maximum atomic E-state index is 11.5. The number of rotatable bonds is 3. The monoisotopic (exact) mass is 191 g/mol. The van der Waals surface area contributed by atoms with Crippen LogP contribution in [0.15, 0.2) is 12.1 Å². The second-order valence-electron chi connectivity index (χ2n) is 3.51. The molecule has 2 rings (SSSR count). The van der Waals surface area contributed by atoms with E-state index >= 15 is 0 Å². The first-order chi connectivity index (χ1) is 6.81. The molecule has 0 amide bonds. The zero-order chi connectivity index (χ0) is 9.97. The zero-order valence-corrected chi connectivity index (χ0v) is 8.25. The van der Waals surface area contributed by atoms with Crippen LogP contribution in [0.3, 0.4) is 0 Å². The third kappa shape index (κ3) is 1.68. The second kappa shape index (κ2) is 3.88. The number of carbonyl (C=O) groups is 1. The molecule has 0 unspecified atom stereocenters. The average molecular weight is 191 g/mol. The third-order valence-corrected chi connectivity index (χ3v) is 2.49. The largest absolute Gasteiger partial charge is 0.376 e. The Labute approximate surface area is 83.1 Å². The Bertz CT molecular complexity index is 360. The number of ketones is 1. The Hall–Kier alpha value is -1.22. The van der Waals surface area contributed by atoms with Crippen LogP contribution in [0.25, 0.3) is 0 Å². The van der Waals surface area contributed by atoms with E-state index in [-0.39, 0.29) is 12.4 Å². The van der Waals surface area contributed by atoms with Crippen LogP contribution in [-0.2, 0) is 17.6 Å². The number of ether oxygens (including phenoxy) is 1. The Morgan fingerprint density at radius 1 is 1.50 bits per heavy atom. The summed E-state index contributed by atoms with van der Waals surface area (Å²) in [4.78, 5) is 15.8. The molecule has 3 nitrogen and oxygen atoms in total. The van der Waals surface area contributed by atoms with Gasteiger partial charge in [0.05, 0.1) is 0 Å². The lowest BCUT2D eigenvalue weighted by atomic mass is 10.2. The number of pyridine rings is 1. The van der Waals surface area contributed by atoms with Crippen LogP contribution in [0.4, 0.5) is 0 Å². The molecule has 0 saturated carbocycles. The number of Topliss-reactive ketones (excluding diaryl/α,β-unsaturated/α-hetero) is 1. The van der Waals surface area contributed by atoms with Crippen LogP contribution >= 0.6 is 0 Å². The topological polar surface area (TPSA) is 39.2 Å². The molecule has 1 aliphatic rings. The van der Waals surface area contributed by atoms with Gasteiger partial charge >= 0.3 is 0 Å². The molecule has 0 aromatic carbocycles. The Morgan fingerprint density at radius 2 is 2.36 bits per heavy atom. The summed E-state index contributed by atoms with van der Waals surface area (Å²) < 4.78 is 4.79. The summed E-state index contributed by atoms with van der Waals surface area (Å²) in [7, 11) is 1.52. The fraction of sp³-hybridized carbons (Fsp3) is 0.455. The molecule has 0 N–H and O–H groups in total. The van der Waals surface area contributed by atoms with E-state index in [1.807, 2.05) is 6.07 Å². The van der Waals surface area contributed by atoms with Gasteiger partial charge in [0, 0.05) is 12.8 Å². The van der Waals surface area contributed by atoms with E-state index in [1.165, 1.54) is 12.7 Å². The summed E-state index contributed by atoms with van der Waals surface area (Å²) in [6.45, 7) is 0.117. The zero-order valence-electron chi connectivity index (χ0n) is 8.25. The lowest BCUT2D eigenvalue weighted by molar-refractivity contribution is 0.0842. The standard InChI is InChI=1S/C11H13NO2/c1-14-7-11(13)10-6-5-8-3-2-4-9(8)12-10/h5-6H,2-4,7H2,1H3. The van der Waals surface area contributed by atoms with Crippen LogP contribution < -0.4 is 0 Å². The van der Waals surface area contributed by atoms with Crippen molar-refractivity contribution in [2.45, 2.75) is 19.3 Å². The highest BCUT2D eigenvalue weighted by Gasteiger charge is 2.15. The van der Waals surface area contributed by atoms with Crippen LogP contribution in [0.1, 0.15) is 28.2 Å². The van der Waals surface area contributed by atoms with Gasteiger partial charge in [-0.25, -0.2) is 4.98 Å². The van der Waals surface area contributed by atoms with Crippen molar-refractivity contribution in [1.29, 1.82) is 0 Å². The molecule has 0 aliphatic heterocycles. The van der Waals surface area contributed by atoms with Crippen molar-refractivity contribution in [2.75, 3.05) is 13.7 Å². The number of aromatic nitrogens is 1. The van der Waals surface area contributed by atoms with Gasteiger partial charge in [-0.3, -0.25) is 4.79 Å². The third-order valence-electron chi connectivity index (χ3n) is 2.49. The average Bonchev–Trinajstić information content (AvgIpc) is 2.64. The molecule has 0 bridgehead atoms. The molecule has 0 saturated heterocycles. The Balaban J connectivity index is 2.24. The van der Waals surface area contributed by atoms with Gasteiger partial charge in [-0.1, -0.05) is 6.07 Å². The number of fused-ring (bicyclic) bond motifs is 1. The van der Waals surface area contributed by atoms with Crippen molar-refractivity contribution in [3.05, 3.63) is 29.1 Å².